The first-order valence-corrected chi connectivity index (χ1v) is 4.21. The van der Waals surface area contributed by atoms with Crippen LogP contribution in [0, 0.1) is 17.3 Å². The van der Waals surface area contributed by atoms with Gasteiger partial charge in [-0.15, -0.1) is 0 Å². The van der Waals surface area contributed by atoms with E-state index >= 15 is 0 Å². The summed E-state index contributed by atoms with van der Waals surface area (Å²) in [6.07, 6.45) is 6.08. The van der Waals surface area contributed by atoms with Crippen LogP contribution in [0.2, 0.25) is 0 Å². The van der Waals surface area contributed by atoms with Crippen LogP contribution in [0.4, 0.5) is 0 Å². The van der Waals surface area contributed by atoms with Gasteiger partial charge in [-0.1, -0.05) is 13.8 Å². The summed E-state index contributed by atoms with van der Waals surface area (Å²) in [5, 5.41) is 0. The Kier molecular flexibility index (Phi) is 0.980. The minimum absolute atomic E-state index is 0.805. The molecule has 0 radical (unpaired) electrons. The Bertz CT molecular complexity index is 128. The van der Waals surface area contributed by atoms with E-state index in [9.17, 15) is 0 Å². The summed E-state index contributed by atoms with van der Waals surface area (Å²) in [5.41, 5.74) is 0.805. The van der Waals surface area contributed by atoms with E-state index in [-0.39, 0.29) is 0 Å². The van der Waals surface area contributed by atoms with Crippen LogP contribution in [0.1, 0.15) is 39.5 Å². The van der Waals surface area contributed by atoms with Crippen LogP contribution < -0.4 is 0 Å². The summed E-state index contributed by atoms with van der Waals surface area (Å²) in [4.78, 5) is 0. The molecule has 2 aliphatic carbocycles. The highest BCUT2D eigenvalue weighted by Crippen LogP contribution is 2.58. The Labute approximate surface area is 57.6 Å². The molecule has 0 saturated heterocycles. The molecule has 0 aromatic carbocycles. The third-order valence-electron chi connectivity index (χ3n) is 3.55. The van der Waals surface area contributed by atoms with E-state index < -0.39 is 0 Å². The van der Waals surface area contributed by atoms with Crippen molar-refractivity contribution in [3.05, 3.63) is 0 Å². The van der Waals surface area contributed by atoms with Gasteiger partial charge in [-0.2, -0.15) is 0 Å². The van der Waals surface area contributed by atoms with Crippen molar-refractivity contribution in [3.63, 3.8) is 0 Å². The first-order valence-electron chi connectivity index (χ1n) is 4.21. The second-order valence-electron chi connectivity index (χ2n) is 4.43. The Hall–Kier alpha value is 0. The van der Waals surface area contributed by atoms with Gasteiger partial charge in [0.25, 0.3) is 0 Å². The van der Waals surface area contributed by atoms with Gasteiger partial charge in [0.05, 0.1) is 0 Å². The Balaban J connectivity index is 2.12. The van der Waals surface area contributed by atoms with Crippen molar-refractivity contribution in [1.82, 2.24) is 0 Å². The molecule has 0 heteroatoms. The molecule has 52 valence electrons. The van der Waals surface area contributed by atoms with Crippen LogP contribution in [0.25, 0.3) is 0 Å². The zero-order chi connectivity index (χ0) is 6.48. The molecule has 0 aliphatic heterocycles. The second kappa shape index (κ2) is 1.53. The highest BCUT2D eigenvalue weighted by molar-refractivity contribution is 4.98. The van der Waals surface area contributed by atoms with Crippen LogP contribution in [0.15, 0.2) is 0 Å². The van der Waals surface area contributed by atoms with Crippen molar-refractivity contribution >= 4 is 0 Å². The van der Waals surface area contributed by atoms with Gasteiger partial charge in [0.2, 0.25) is 0 Å². The van der Waals surface area contributed by atoms with Crippen LogP contribution in [-0.4, -0.2) is 0 Å². The lowest BCUT2D eigenvalue weighted by atomic mass is 9.63. The average molecular weight is 124 g/mol. The van der Waals surface area contributed by atoms with Crippen LogP contribution >= 0.6 is 0 Å². The summed E-state index contributed by atoms with van der Waals surface area (Å²) in [7, 11) is 0. The number of hydrogen-bond acceptors (Lipinski definition) is 0. The highest BCUT2D eigenvalue weighted by Gasteiger charge is 2.48. The van der Waals surface area contributed by atoms with E-state index in [1.54, 1.807) is 0 Å². The first-order chi connectivity index (χ1) is 4.21. The fraction of sp³-hybridized carbons (Fsp3) is 1.00. The summed E-state index contributed by atoms with van der Waals surface area (Å²) in [6.45, 7) is 4.88. The highest BCUT2D eigenvalue weighted by atomic mass is 14.5. The predicted molar refractivity (Wildman–Crippen MR) is 39.2 cm³/mol. The summed E-state index contributed by atoms with van der Waals surface area (Å²) in [6, 6.07) is 0. The molecule has 0 nitrogen and oxygen atoms in total. The monoisotopic (exact) mass is 124 g/mol. The first kappa shape index (κ1) is 5.76. The molecule has 0 spiro atoms. The van der Waals surface area contributed by atoms with Gasteiger partial charge in [-0.25, -0.2) is 0 Å². The maximum atomic E-state index is 2.48. The molecule has 0 aromatic heterocycles. The van der Waals surface area contributed by atoms with Gasteiger partial charge >= 0.3 is 0 Å². The van der Waals surface area contributed by atoms with Crippen LogP contribution in [0.3, 0.4) is 0 Å². The average Bonchev–Trinajstić information content (AvgIpc) is 1.94. The van der Waals surface area contributed by atoms with Crippen molar-refractivity contribution in [3.8, 4) is 0 Å². The second-order valence-corrected chi connectivity index (χ2v) is 4.43. The molecule has 0 N–H and O–H groups in total. The largest absolute Gasteiger partial charge is 0.0625 e. The molecule has 2 fully saturated rings. The van der Waals surface area contributed by atoms with E-state index in [1.165, 1.54) is 25.7 Å². The van der Waals surface area contributed by atoms with Gasteiger partial charge < -0.3 is 0 Å². The molecule has 0 aromatic rings. The summed E-state index contributed by atoms with van der Waals surface area (Å²) in [5.74, 6) is 2.15. The number of fused-ring (bicyclic) bond motifs is 1. The van der Waals surface area contributed by atoms with Crippen molar-refractivity contribution in [1.29, 1.82) is 0 Å². The topological polar surface area (TPSA) is 0 Å². The van der Waals surface area contributed by atoms with E-state index in [1.807, 2.05) is 0 Å². The fourth-order valence-corrected chi connectivity index (χ4v) is 2.88. The van der Waals surface area contributed by atoms with Gasteiger partial charge in [0.1, 0.15) is 0 Å². The standard InChI is InChI=1S/C9H16/c1-7-5-8-3-4-9(8,2)6-7/h7-8H,3-6H2,1-2H3/t7-,8?,9?/m1/s1. The fourth-order valence-electron chi connectivity index (χ4n) is 2.88. The molecule has 2 aliphatic rings. The molecular weight excluding hydrogens is 108 g/mol. The normalized spacial score (nSPS) is 56.7. The molecule has 2 rings (SSSR count). The Morgan fingerprint density at radius 2 is 2.22 bits per heavy atom. The maximum Gasteiger partial charge on any atom is -0.0295 e. The molecule has 9 heavy (non-hydrogen) atoms. The Morgan fingerprint density at radius 3 is 2.44 bits per heavy atom. The third-order valence-corrected chi connectivity index (χ3v) is 3.55. The minimum atomic E-state index is 0.805. The van der Waals surface area contributed by atoms with Crippen LogP contribution in [0.5, 0.6) is 0 Å². The number of hydrogen-bond donors (Lipinski definition) is 0. The summed E-state index contributed by atoms with van der Waals surface area (Å²) < 4.78 is 0. The molecule has 0 heterocycles. The van der Waals surface area contributed by atoms with Crippen molar-refractivity contribution < 1.29 is 0 Å². The van der Waals surface area contributed by atoms with Gasteiger partial charge in [0.15, 0.2) is 0 Å². The van der Waals surface area contributed by atoms with E-state index in [0.717, 1.165) is 17.3 Å². The van der Waals surface area contributed by atoms with Crippen molar-refractivity contribution in [2.45, 2.75) is 39.5 Å². The summed E-state index contributed by atoms with van der Waals surface area (Å²) >= 11 is 0. The van der Waals surface area contributed by atoms with Gasteiger partial charge in [0, 0.05) is 0 Å². The van der Waals surface area contributed by atoms with Gasteiger partial charge in [-0.3, -0.25) is 0 Å². The molecule has 0 bridgehead atoms. The van der Waals surface area contributed by atoms with Crippen molar-refractivity contribution in [2.75, 3.05) is 0 Å². The quantitative estimate of drug-likeness (QED) is 0.466. The van der Waals surface area contributed by atoms with E-state index in [2.05, 4.69) is 13.8 Å². The lowest BCUT2D eigenvalue weighted by Crippen LogP contribution is -2.31. The van der Waals surface area contributed by atoms with Crippen LogP contribution in [-0.2, 0) is 0 Å². The third kappa shape index (κ3) is 0.653. The molecule has 2 unspecified atom stereocenters. The molecular formula is C9H16. The Morgan fingerprint density at radius 1 is 1.44 bits per heavy atom. The van der Waals surface area contributed by atoms with E-state index in [4.69, 9.17) is 0 Å². The zero-order valence-electron chi connectivity index (χ0n) is 6.48. The van der Waals surface area contributed by atoms with Gasteiger partial charge in [-0.05, 0) is 42.9 Å². The maximum absolute atomic E-state index is 2.48. The van der Waals surface area contributed by atoms with Crippen molar-refractivity contribution in [2.24, 2.45) is 17.3 Å². The number of rotatable bonds is 0. The zero-order valence-corrected chi connectivity index (χ0v) is 6.48. The minimum Gasteiger partial charge on any atom is -0.0625 e. The lowest BCUT2D eigenvalue weighted by molar-refractivity contribution is 0.0877. The van der Waals surface area contributed by atoms with E-state index in [0.29, 0.717) is 0 Å². The smallest absolute Gasteiger partial charge is 0.0295 e. The SMILES string of the molecule is C[C@@H]1CC2CCC2(C)C1. The molecule has 0 amide bonds. The lowest BCUT2D eigenvalue weighted by Gasteiger charge is -2.42. The molecule has 2 saturated carbocycles. The predicted octanol–water partition coefficient (Wildman–Crippen LogP) is 2.83. The molecule has 3 atom stereocenters.